The van der Waals surface area contributed by atoms with Gasteiger partial charge in [0.25, 0.3) is 0 Å². The minimum atomic E-state index is 0.686. The van der Waals surface area contributed by atoms with E-state index in [1.165, 1.54) is 25.9 Å². The van der Waals surface area contributed by atoms with Crippen molar-refractivity contribution in [1.82, 2.24) is 10.2 Å². The molecule has 0 spiro atoms. The molecular weight excluding hydrogens is 188 g/mol. The van der Waals surface area contributed by atoms with Crippen LogP contribution in [0.2, 0.25) is 0 Å². The van der Waals surface area contributed by atoms with Crippen LogP contribution in [-0.2, 0) is 4.74 Å². The van der Waals surface area contributed by atoms with Crippen LogP contribution in [0.25, 0.3) is 0 Å². The average Bonchev–Trinajstić information content (AvgIpc) is 2.22. The molecule has 0 aromatic heterocycles. The van der Waals surface area contributed by atoms with Crippen LogP contribution < -0.4 is 5.32 Å². The molecule has 90 valence electrons. The fourth-order valence-electron chi connectivity index (χ4n) is 2.26. The Morgan fingerprint density at radius 1 is 1.47 bits per heavy atom. The second kappa shape index (κ2) is 7.20. The van der Waals surface area contributed by atoms with Gasteiger partial charge in [-0.05, 0) is 38.8 Å². The topological polar surface area (TPSA) is 24.5 Å². The number of rotatable bonds is 6. The summed E-state index contributed by atoms with van der Waals surface area (Å²) in [5, 5.41) is 3.62. The Balaban J connectivity index is 2.15. The number of hydrogen-bond acceptors (Lipinski definition) is 3. The third-order valence-electron chi connectivity index (χ3n) is 3.33. The molecule has 3 heteroatoms. The van der Waals surface area contributed by atoms with Crippen molar-refractivity contribution >= 4 is 0 Å². The quantitative estimate of drug-likeness (QED) is 0.675. The summed E-state index contributed by atoms with van der Waals surface area (Å²) in [6.45, 7) is 6.74. The molecular formula is C12H26N2O. The lowest BCUT2D eigenvalue weighted by Crippen LogP contribution is -2.47. The molecule has 0 radical (unpaired) electrons. The van der Waals surface area contributed by atoms with Crippen molar-refractivity contribution in [2.75, 3.05) is 40.4 Å². The van der Waals surface area contributed by atoms with Gasteiger partial charge in [0.15, 0.2) is 0 Å². The Bertz CT molecular complexity index is 164. The van der Waals surface area contributed by atoms with Gasteiger partial charge < -0.3 is 15.0 Å². The highest BCUT2D eigenvalue weighted by Crippen LogP contribution is 2.15. The van der Waals surface area contributed by atoms with Gasteiger partial charge in [-0.2, -0.15) is 0 Å². The molecule has 0 bridgehead atoms. The van der Waals surface area contributed by atoms with Crippen molar-refractivity contribution in [3.05, 3.63) is 0 Å². The van der Waals surface area contributed by atoms with Gasteiger partial charge in [0.1, 0.15) is 0 Å². The summed E-state index contributed by atoms with van der Waals surface area (Å²) in [5.41, 5.74) is 0. The van der Waals surface area contributed by atoms with Crippen LogP contribution >= 0.6 is 0 Å². The van der Waals surface area contributed by atoms with Gasteiger partial charge in [0.2, 0.25) is 0 Å². The Labute approximate surface area is 94.2 Å². The molecule has 2 unspecified atom stereocenters. The Hall–Kier alpha value is -0.120. The highest BCUT2D eigenvalue weighted by atomic mass is 16.5. The van der Waals surface area contributed by atoms with Crippen LogP contribution in [0.15, 0.2) is 0 Å². The molecule has 0 saturated carbocycles. The lowest BCUT2D eigenvalue weighted by atomic mass is 9.92. The van der Waals surface area contributed by atoms with Crippen LogP contribution in [0, 0.1) is 5.92 Å². The smallest absolute Gasteiger partial charge is 0.0474 e. The van der Waals surface area contributed by atoms with Gasteiger partial charge in [-0.15, -0.1) is 0 Å². The first kappa shape index (κ1) is 12.9. The summed E-state index contributed by atoms with van der Waals surface area (Å²) in [7, 11) is 3.98. The average molecular weight is 214 g/mol. The maximum atomic E-state index is 5.06. The van der Waals surface area contributed by atoms with Gasteiger partial charge >= 0.3 is 0 Å². The van der Waals surface area contributed by atoms with Gasteiger partial charge in [-0.1, -0.05) is 6.92 Å². The summed E-state index contributed by atoms with van der Waals surface area (Å²) in [6, 6.07) is 0.686. The second-order valence-electron chi connectivity index (χ2n) is 4.79. The first-order valence-corrected chi connectivity index (χ1v) is 6.15. The van der Waals surface area contributed by atoms with E-state index >= 15 is 0 Å². The van der Waals surface area contributed by atoms with E-state index in [0.717, 1.165) is 25.5 Å². The SMILES string of the molecule is COCCCN(C)CC1NCCCC1C. The van der Waals surface area contributed by atoms with Crippen molar-refractivity contribution in [1.29, 1.82) is 0 Å². The second-order valence-corrected chi connectivity index (χ2v) is 4.79. The molecule has 1 aliphatic heterocycles. The lowest BCUT2D eigenvalue weighted by molar-refractivity contribution is 0.167. The summed E-state index contributed by atoms with van der Waals surface area (Å²) in [6.07, 6.45) is 3.85. The molecule has 0 amide bonds. The normalized spacial score (nSPS) is 27.2. The van der Waals surface area contributed by atoms with E-state index in [-0.39, 0.29) is 0 Å². The summed E-state index contributed by atoms with van der Waals surface area (Å²) >= 11 is 0. The molecule has 1 heterocycles. The van der Waals surface area contributed by atoms with Crippen molar-refractivity contribution in [3.63, 3.8) is 0 Å². The summed E-state index contributed by atoms with van der Waals surface area (Å²) < 4.78 is 5.06. The van der Waals surface area contributed by atoms with E-state index in [9.17, 15) is 0 Å². The van der Waals surface area contributed by atoms with Crippen molar-refractivity contribution in [3.8, 4) is 0 Å². The minimum absolute atomic E-state index is 0.686. The van der Waals surface area contributed by atoms with Crippen LogP contribution in [0.4, 0.5) is 0 Å². The van der Waals surface area contributed by atoms with Gasteiger partial charge in [-0.3, -0.25) is 0 Å². The number of likely N-dealkylation sites (N-methyl/N-ethyl adjacent to an activating group) is 1. The number of nitrogens with zero attached hydrogens (tertiary/aromatic N) is 1. The Morgan fingerprint density at radius 3 is 2.93 bits per heavy atom. The third kappa shape index (κ3) is 4.96. The highest BCUT2D eigenvalue weighted by Gasteiger charge is 2.21. The fourth-order valence-corrected chi connectivity index (χ4v) is 2.26. The van der Waals surface area contributed by atoms with E-state index in [1.807, 2.05) is 0 Å². The zero-order valence-electron chi connectivity index (χ0n) is 10.5. The molecule has 0 aliphatic carbocycles. The van der Waals surface area contributed by atoms with E-state index in [1.54, 1.807) is 7.11 Å². The van der Waals surface area contributed by atoms with E-state index in [4.69, 9.17) is 4.74 Å². The Kier molecular flexibility index (Phi) is 6.22. The molecule has 1 fully saturated rings. The standard InChI is InChI=1S/C12H26N2O/c1-11-6-4-7-13-12(11)10-14(2)8-5-9-15-3/h11-13H,4-10H2,1-3H3. The predicted molar refractivity (Wildman–Crippen MR) is 64.2 cm³/mol. The van der Waals surface area contributed by atoms with Crippen LogP contribution in [0.5, 0.6) is 0 Å². The molecule has 0 aromatic rings. The molecule has 2 atom stereocenters. The molecule has 1 rings (SSSR count). The maximum Gasteiger partial charge on any atom is 0.0474 e. The third-order valence-corrected chi connectivity index (χ3v) is 3.33. The van der Waals surface area contributed by atoms with E-state index in [2.05, 4.69) is 24.2 Å². The van der Waals surface area contributed by atoms with Gasteiger partial charge in [-0.25, -0.2) is 0 Å². The monoisotopic (exact) mass is 214 g/mol. The first-order chi connectivity index (χ1) is 7.24. The molecule has 1 N–H and O–H groups in total. The van der Waals surface area contributed by atoms with Crippen molar-refractivity contribution < 1.29 is 4.74 Å². The first-order valence-electron chi connectivity index (χ1n) is 6.15. The Morgan fingerprint density at radius 2 is 2.27 bits per heavy atom. The molecule has 1 aliphatic rings. The maximum absolute atomic E-state index is 5.06. The molecule has 1 saturated heterocycles. The molecule has 15 heavy (non-hydrogen) atoms. The van der Waals surface area contributed by atoms with Gasteiger partial charge in [0.05, 0.1) is 0 Å². The number of piperidine rings is 1. The van der Waals surface area contributed by atoms with Crippen LogP contribution in [-0.4, -0.2) is 51.3 Å². The van der Waals surface area contributed by atoms with Crippen molar-refractivity contribution in [2.45, 2.75) is 32.2 Å². The number of nitrogens with one attached hydrogen (secondary N) is 1. The number of methoxy groups -OCH3 is 1. The van der Waals surface area contributed by atoms with Gasteiger partial charge in [0, 0.05) is 32.8 Å². The zero-order chi connectivity index (χ0) is 11.1. The van der Waals surface area contributed by atoms with Crippen LogP contribution in [0.3, 0.4) is 0 Å². The number of ether oxygens (including phenoxy) is 1. The van der Waals surface area contributed by atoms with Crippen LogP contribution in [0.1, 0.15) is 26.2 Å². The van der Waals surface area contributed by atoms with Crippen molar-refractivity contribution in [2.24, 2.45) is 5.92 Å². The van der Waals surface area contributed by atoms with E-state index < -0.39 is 0 Å². The highest BCUT2D eigenvalue weighted by molar-refractivity contribution is 4.80. The largest absolute Gasteiger partial charge is 0.385 e. The minimum Gasteiger partial charge on any atom is -0.385 e. The van der Waals surface area contributed by atoms with E-state index in [0.29, 0.717) is 6.04 Å². The zero-order valence-corrected chi connectivity index (χ0v) is 10.5. The molecule has 3 nitrogen and oxygen atoms in total. The lowest BCUT2D eigenvalue weighted by Gasteiger charge is -2.33. The summed E-state index contributed by atoms with van der Waals surface area (Å²) in [5.74, 6) is 0.823. The predicted octanol–water partition coefficient (Wildman–Crippen LogP) is 1.34. The fraction of sp³-hybridized carbons (Fsp3) is 1.00. The molecule has 0 aromatic carbocycles. The number of hydrogen-bond donors (Lipinski definition) is 1. The summed E-state index contributed by atoms with van der Waals surface area (Å²) in [4.78, 5) is 2.42.